The van der Waals surface area contributed by atoms with Gasteiger partial charge in [-0.05, 0) is 32.2 Å². The van der Waals surface area contributed by atoms with Crippen LogP contribution in [0, 0.1) is 6.92 Å². The lowest BCUT2D eigenvalue weighted by molar-refractivity contribution is 0.208. The second-order valence-corrected chi connectivity index (χ2v) is 7.39. The number of benzene rings is 1. The molecule has 114 valence electrons. The van der Waals surface area contributed by atoms with Crippen LogP contribution >= 0.6 is 11.3 Å². The van der Waals surface area contributed by atoms with Gasteiger partial charge in [0.05, 0.1) is 0 Å². The Hall–Kier alpha value is -1.78. The highest BCUT2D eigenvalue weighted by Crippen LogP contribution is 2.41. The van der Waals surface area contributed by atoms with Gasteiger partial charge in [0, 0.05) is 53.6 Å². The monoisotopic (exact) mass is 311 g/mol. The number of piperazine rings is 1. The summed E-state index contributed by atoms with van der Waals surface area (Å²) in [6, 6.07) is 10.9. The maximum absolute atomic E-state index is 3.63. The maximum Gasteiger partial charge on any atom is 0.102 e. The van der Waals surface area contributed by atoms with Gasteiger partial charge in [-0.25, -0.2) is 0 Å². The fraction of sp³-hybridized carbons (Fsp3) is 0.333. The Kier molecular flexibility index (Phi) is 3.43. The molecule has 0 saturated carbocycles. The van der Waals surface area contributed by atoms with Crippen LogP contribution in [0.15, 0.2) is 30.3 Å². The van der Waals surface area contributed by atoms with E-state index in [2.05, 4.69) is 65.5 Å². The maximum atomic E-state index is 3.63. The summed E-state index contributed by atoms with van der Waals surface area (Å²) in [7, 11) is 2.20. The summed E-state index contributed by atoms with van der Waals surface area (Å²) in [6.07, 6.45) is 2.35. The molecule has 3 heterocycles. The van der Waals surface area contributed by atoms with E-state index in [4.69, 9.17) is 0 Å². The molecule has 1 fully saturated rings. The van der Waals surface area contributed by atoms with Crippen molar-refractivity contribution in [3.8, 4) is 0 Å². The number of rotatable bonds is 1. The SMILES string of the molecule is Cc1cc2c(s1)Nc1ccccc1C=C2N1CCN(C)CC1. The van der Waals surface area contributed by atoms with E-state index in [-0.39, 0.29) is 0 Å². The van der Waals surface area contributed by atoms with Crippen molar-refractivity contribution in [2.45, 2.75) is 6.92 Å². The van der Waals surface area contributed by atoms with Gasteiger partial charge in [-0.2, -0.15) is 0 Å². The number of nitrogens with one attached hydrogen (secondary N) is 1. The molecule has 1 N–H and O–H groups in total. The number of likely N-dealkylation sites (N-methyl/N-ethyl adjacent to an activating group) is 1. The average molecular weight is 311 g/mol. The van der Waals surface area contributed by atoms with Crippen LogP contribution in [0.4, 0.5) is 10.7 Å². The van der Waals surface area contributed by atoms with E-state index in [0.717, 1.165) is 26.2 Å². The number of fused-ring (bicyclic) bond motifs is 2. The standard InChI is InChI=1S/C18H21N3S/c1-13-11-15-17(21-9-7-20(2)8-10-21)12-14-5-3-4-6-16(14)19-18(15)22-13/h3-6,11-12,19H,7-10H2,1-2H3. The van der Waals surface area contributed by atoms with Gasteiger partial charge in [0.1, 0.15) is 5.00 Å². The predicted molar refractivity (Wildman–Crippen MR) is 95.7 cm³/mol. The zero-order valence-electron chi connectivity index (χ0n) is 13.1. The number of hydrogen-bond acceptors (Lipinski definition) is 4. The van der Waals surface area contributed by atoms with Crippen molar-refractivity contribution in [1.82, 2.24) is 9.80 Å². The molecule has 0 radical (unpaired) electrons. The fourth-order valence-corrected chi connectivity index (χ4v) is 4.12. The Labute approximate surface area is 135 Å². The van der Waals surface area contributed by atoms with Gasteiger partial charge in [0.25, 0.3) is 0 Å². The second-order valence-electron chi connectivity index (χ2n) is 6.13. The normalized spacial score (nSPS) is 18.1. The summed E-state index contributed by atoms with van der Waals surface area (Å²) in [5.41, 5.74) is 5.19. The molecule has 3 nitrogen and oxygen atoms in total. The van der Waals surface area contributed by atoms with Crippen LogP contribution in [0.2, 0.25) is 0 Å². The fourth-order valence-electron chi connectivity index (χ4n) is 3.19. The third-order valence-corrected chi connectivity index (χ3v) is 5.44. The largest absolute Gasteiger partial charge is 0.368 e. The van der Waals surface area contributed by atoms with E-state index in [1.165, 1.54) is 32.4 Å². The number of thiophene rings is 1. The van der Waals surface area contributed by atoms with Crippen LogP contribution in [0.3, 0.4) is 0 Å². The minimum absolute atomic E-state index is 1.10. The van der Waals surface area contributed by atoms with Crippen molar-refractivity contribution in [2.24, 2.45) is 0 Å². The Bertz CT molecular complexity index is 724. The summed E-state index contributed by atoms with van der Waals surface area (Å²) in [4.78, 5) is 6.30. The molecule has 4 rings (SSSR count). The molecule has 0 aliphatic carbocycles. The van der Waals surface area contributed by atoms with Gasteiger partial charge in [0.2, 0.25) is 0 Å². The minimum Gasteiger partial charge on any atom is -0.368 e. The van der Waals surface area contributed by atoms with Crippen molar-refractivity contribution in [3.05, 3.63) is 46.3 Å². The molecule has 1 aromatic carbocycles. The molecule has 1 aromatic heterocycles. The first-order valence-corrected chi connectivity index (χ1v) is 8.64. The van der Waals surface area contributed by atoms with Gasteiger partial charge in [-0.15, -0.1) is 11.3 Å². The summed E-state index contributed by atoms with van der Waals surface area (Å²) in [5, 5.41) is 4.90. The van der Waals surface area contributed by atoms with Crippen molar-refractivity contribution < 1.29 is 0 Å². The molecule has 4 heteroatoms. The summed E-state index contributed by atoms with van der Waals surface area (Å²) in [5.74, 6) is 0. The molecule has 2 aliphatic rings. The first-order chi connectivity index (χ1) is 10.7. The number of anilines is 2. The predicted octanol–water partition coefficient (Wildman–Crippen LogP) is 3.86. The zero-order valence-corrected chi connectivity index (χ0v) is 13.9. The molecule has 0 unspecified atom stereocenters. The zero-order chi connectivity index (χ0) is 15.1. The van der Waals surface area contributed by atoms with E-state index in [9.17, 15) is 0 Å². The number of hydrogen-bond donors (Lipinski definition) is 1. The van der Waals surface area contributed by atoms with Gasteiger partial charge >= 0.3 is 0 Å². The minimum atomic E-state index is 1.10. The number of nitrogens with zero attached hydrogens (tertiary/aromatic N) is 2. The molecule has 22 heavy (non-hydrogen) atoms. The van der Waals surface area contributed by atoms with Crippen LogP contribution in [0.1, 0.15) is 16.0 Å². The van der Waals surface area contributed by atoms with E-state index in [1.54, 1.807) is 0 Å². The first-order valence-electron chi connectivity index (χ1n) is 7.83. The van der Waals surface area contributed by atoms with E-state index < -0.39 is 0 Å². The van der Waals surface area contributed by atoms with Crippen LogP contribution in [-0.4, -0.2) is 43.0 Å². The first kappa shape index (κ1) is 13.9. The van der Waals surface area contributed by atoms with Gasteiger partial charge in [-0.3, -0.25) is 0 Å². The highest BCUT2D eigenvalue weighted by atomic mass is 32.1. The Morgan fingerprint density at radius 3 is 2.68 bits per heavy atom. The lowest BCUT2D eigenvalue weighted by atomic mass is 10.1. The van der Waals surface area contributed by atoms with Crippen LogP contribution in [0.25, 0.3) is 11.8 Å². The molecule has 2 aliphatic heterocycles. The number of para-hydroxylation sites is 1. The van der Waals surface area contributed by atoms with Crippen LogP contribution < -0.4 is 5.32 Å². The molecule has 0 amide bonds. The number of aryl methyl sites for hydroxylation is 1. The van der Waals surface area contributed by atoms with E-state index in [1.807, 2.05) is 11.3 Å². The van der Waals surface area contributed by atoms with Crippen molar-refractivity contribution >= 4 is 33.8 Å². The van der Waals surface area contributed by atoms with Gasteiger partial charge in [-0.1, -0.05) is 18.2 Å². The molecule has 2 aromatic rings. The van der Waals surface area contributed by atoms with Crippen LogP contribution in [-0.2, 0) is 0 Å². The molecular formula is C18H21N3S. The Morgan fingerprint density at radius 1 is 1.09 bits per heavy atom. The summed E-state index contributed by atoms with van der Waals surface area (Å²) in [6.45, 7) is 6.64. The van der Waals surface area contributed by atoms with E-state index in [0.29, 0.717) is 0 Å². The summed E-state index contributed by atoms with van der Waals surface area (Å²) >= 11 is 1.85. The topological polar surface area (TPSA) is 18.5 Å². The molecular weight excluding hydrogens is 290 g/mol. The summed E-state index contributed by atoms with van der Waals surface area (Å²) < 4.78 is 0. The van der Waals surface area contributed by atoms with Gasteiger partial charge < -0.3 is 15.1 Å². The quantitative estimate of drug-likeness (QED) is 0.863. The third-order valence-electron chi connectivity index (χ3n) is 4.48. The third kappa shape index (κ3) is 2.42. The Morgan fingerprint density at radius 2 is 1.86 bits per heavy atom. The van der Waals surface area contributed by atoms with Crippen molar-refractivity contribution in [3.63, 3.8) is 0 Å². The van der Waals surface area contributed by atoms with E-state index >= 15 is 0 Å². The molecule has 0 atom stereocenters. The highest BCUT2D eigenvalue weighted by Gasteiger charge is 2.23. The van der Waals surface area contributed by atoms with Crippen molar-refractivity contribution in [1.29, 1.82) is 0 Å². The highest BCUT2D eigenvalue weighted by molar-refractivity contribution is 7.16. The lowest BCUT2D eigenvalue weighted by Gasteiger charge is -2.35. The average Bonchev–Trinajstić information content (AvgIpc) is 2.80. The van der Waals surface area contributed by atoms with Crippen molar-refractivity contribution in [2.75, 3.05) is 38.5 Å². The molecule has 1 saturated heterocycles. The Balaban J connectivity index is 1.81. The molecule has 0 bridgehead atoms. The van der Waals surface area contributed by atoms with Gasteiger partial charge in [0.15, 0.2) is 0 Å². The molecule has 0 spiro atoms. The smallest absolute Gasteiger partial charge is 0.102 e. The lowest BCUT2D eigenvalue weighted by Crippen LogP contribution is -2.43. The second kappa shape index (κ2) is 5.45. The van der Waals surface area contributed by atoms with Crippen LogP contribution in [0.5, 0.6) is 0 Å².